The van der Waals surface area contributed by atoms with E-state index in [1.807, 2.05) is 29.6 Å². The summed E-state index contributed by atoms with van der Waals surface area (Å²) in [4.78, 5) is 16.6. The molecule has 5 nitrogen and oxygen atoms in total. The molecule has 0 unspecified atom stereocenters. The molecule has 0 aliphatic heterocycles. The molecule has 1 N–H and O–H groups in total. The number of benzene rings is 1. The van der Waals surface area contributed by atoms with Gasteiger partial charge in [0.15, 0.2) is 5.13 Å². The summed E-state index contributed by atoms with van der Waals surface area (Å²) in [6, 6.07) is 7.61. The molecule has 122 valence electrons. The van der Waals surface area contributed by atoms with Crippen molar-refractivity contribution in [3.05, 3.63) is 40.9 Å². The second-order valence-corrected chi connectivity index (χ2v) is 6.50. The van der Waals surface area contributed by atoms with Crippen LogP contribution in [0.15, 0.2) is 29.6 Å². The first-order valence-electron chi connectivity index (χ1n) is 7.66. The van der Waals surface area contributed by atoms with Crippen molar-refractivity contribution in [2.45, 2.75) is 38.4 Å². The molecule has 1 saturated carbocycles. The molecular formula is C17H20N2O3S. The quantitative estimate of drug-likeness (QED) is 0.842. The number of carbonyl (C=O) groups is 1. The molecule has 1 aliphatic rings. The normalized spacial score (nSPS) is 15.2. The lowest BCUT2D eigenvalue weighted by Crippen LogP contribution is -2.27. The maximum Gasteiger partial charge on any atom is 0.255 e. The summed E-state index contributed by atoms with van der Waals surface area (Å²) in [6.07, 6.45) is 1.86. The van der Waals surface area contributed by atoms with Gasteiger partial charge in [-0.1, -0.05) is 12.1 Å². The van der Waals surface area contributed by atoms with Gasteiger partial charge in [-0.3, -0.25) is 10.1 Å². The molecule has 1 atom stereocenters. The Morgan fingerprint density at radius 2 is 2.30 bits per heavy atom. The molecule has 23 heavy (non-hydrogen) atoms. The molecule has 0 saturated heterocycles. The summed E-state index contributed by atoms with van der Waals surface area (Å²) in [5.74, 6) is 1.20. The maximum absolute atomic E-state index is 12.2. The molecule has 1 aromatic heterocycles. The van der Waals surface area contributed by atoms with Crippen LogP contribution < -0.4 is 10.1 Å². The fourth-order valence-corrected chi connectivity index (χ4v) is 2.97. The van der Waals surface area contributed by atoms with Crippen LogP contribution in [0.25, 0.3) is 0 Å². The molecule has 3 rings (SSSR count). The van der Waals surface area contributed by atoms with Gasteiger partial charge in [0.25, 0.3) is 5.91 Å². The molecule has 1 amide bonds. The van der Waals surface area contributed by atoms with Crippen LogP contribution in [0.4, 0.5) is 5.13 Å². The van der Waals surface area contributed by atoms with Gasteiger partial charge < -0.3 is 9.47 Å². The highest BCUT2D eigenvalue weighted by atomic mass is 32.1. The largest absolute Gasteiger partial charge is 0.497 e. The summed E-state index contributed by atoms with van der Waals surface area (Å²) < 4.78 is 10.8. The Morgan fingerprint density at radius 1 is 1.48 bits per heavy atom. The van der Waals surface area contributed by atoms with Crippen LogP contribution in [-0.2, 0) is 16.1 Å². The van der Waals surface area contributed by atoms with Crippen molar-refractivity contribution >= 4 is 22.4 Å². The van der Waals surface area contributed by atoms with Crippen molar-refractivity contribution in [3.8, 4) is 5.75 Å². The van der Waals surface area contributed by atoms with Crippen LogP contribution >= 0.6 is 11.3 Å². The number of hydrogen-bond donors (Lipinski definition) is 1. The topological polar surface area (TPSA) is 60.5 Å². The maximum atomic E-state index is 12.2. The summed E-state index contributed by atoms with van der Waals surface area (Å²) >= 11 is 1.47. The second-order valence-electron chi connectivity index (χ2n) is 5.65. The molecule has 6 heteroatoms. The number of rotatable bonds is 7. The summed E-state index contributed by atoms with van der Waals surface area (Å²) in [5.41, 5.74) is 2.06. The Bertz CT molecular complexity index is 682. The summed E-state index contributed by atoms with van der Waals surface area (Å²) in [6.45, 7) is 2.10. The molecule has 0 bridgehead atoms. The van der Waals surface area contributed by atoms with E-state index in [0.717, 1.165) is 17.0 Å². The second kappa shape index (κ2) is 7.10. The lowest BCUT2D eigenvalue weighted by Gasteiger charge is -2.12. The minimum atomic E-state index is -0.547. The molecule has 2 aromatic rings. The lowest BCUT2D eigenvalue weighted by molar-refractivity contribution is -0.127. The van der Waals surface area contributed by atoms with Crippen molar-refractivity contribution in [3.63, 3.8) is 0 Å². The van der Waals surface area contributed by atoms with E-state index >= 15 is 0 Å². The van der Waals surface area contributed by atoms with E-state index in [0.29, 0.717) is 17.7 Å². The van der Waals surface area contributed by atoms with Crippen molar-refractivity contribution in [2.24, 2.45) is 0 Å². The average Bonchev–Trinajstić information content (AvgIpc) is 3.32. The van der Waals surface area contributed by atoms with E-state index in [9.17, 15) is 4.79 Å². The minimum Gasteiger partial charge on any atom is -0.497 e. The Kier molecular flexibility index (Phi) is 4.93. The van der Waals surface area contributed by atoms with E-state index in [-0.39, 0.29) is 5.91 Å². The first kappa shape index (κ1) is 16.0. The van der Waals surface area contributed by atoms with E-state index < -0.39 is 6.10 Å². The predicted molar refractivity (Wildman–Crippen MR) is 90.0 cm³/mol. The van der Waals surface area contributed by atoms with Crippen molar-refractivity contribution in [2.75, 3.05) is 12.4 Å². The van der Waals surface area contributed by atoms with Crippen LogP contribution in [0.2, 0.25) is 0 Å². The highest BCUT2D eigenvalue weighted by Gasteiger charge is 2.26. The third-order valence-corrected chi connectivity index (χ3v) is 4.53. The van der Waals surface area contributed by atoms with Crippen molar-refractivity contribution < 1.29 is 14.3 Å². The molecule has 1 heterocycles. The van der Waals surface area contributed by atoms with E-state index in [1.165, 1.54) is 24.2 Å². The third-order valence-electron chi connectivity index (χ3n) is 3.75. The smallest absolute Gasteiger partial charge is 0.255 e. The highest BCUT2D eigenvalue weighted by Crippen LogP contribution is 2.40. The van der Waals surface area contributed by atoms with Crippen LogP contribution in [0.3, 0.4) is 0 Å². The standard InChI is InChI=1S/C17H20N2O3S/c1-11(22-9-12-4-3-5-14(8-12)21-2)16(20)19-17-18-15(10-23-17)13-6-7-13/h3-5,8,10-11,13H,6-7,9H2,1-2H3,(H,18,19,20)/t11-/m0/s1. The number of anilines is 1. The van der Waals surface area contributed by atoms with Gasteiger partial charge in [0.2, 0.25) is 0 Å². The summed E-state index contributed by atoms with van der Waals surface area (Å²) in [5, 5.41) is 5.49. The molecule has 0 spiro atoms. The first-order chi connectivity index (χ1) is 11.2. The number of ether oxygens (including phenoxy) is 2. The fraction of sp³-hybridized carbons (Fsp3) is 0.412. The van der Waals surface area contributed by atoms with Gasteiger partial charge >= 0.3 is 0 Å². The SMILES string of the molecule is COc1cccc(CO[C@@H](C)C(=O)Nc2nc(C3CC3)cs2)c1. The number of carbonyl (C=O) groups excluding carboxylic acids is 1. The van der Waals surface area contributed by atoms with Crippen LogP contribution in [0.1, 0.15) is 36.9 Å². The van der Waals surface area contributed by atoms with Gasteiger partial charge in [-0.05, 0) is 37.5 Å². The van der Waals surface area contributed by atoms with Gasteiger partial charge in [0.05, 0.1) is 19.4 Å². The van der Waals surface area contributed by atoms with E-state index in [4.69, 9.17) is 9.47 Å². The van der Waals surface area contributed by atoms with Gasteiger partial charge in [0, 0.05) is 11.3 Å². The molecule has 1 fully saturated rings. The Balaban J connectivity index is 1.50. The Morgan fingerprint density at radius 3 is 3.04 bits per heavy atom. The number of hydrogen-bond acceptors (Lipinski definition) is 5. The van der Waals surface area contributed by atoms with Gasteiger partial charge in [0.1, 0.15) is 11.9 Å². The number of amides is 1. The molecular weight excluding hydrogens is 312 g/mol. The van der Waals surface area contributed by atoms with E-state index in [1.54, 1.807) is 14.0 Å². The predicted octanol–water partition coefficient (Wildman–Crippen LogP) is 3.57. The monoisotopic (exact) mass is 332 g/mol. The lowest BCUT2D eigenvalue weighted by atomic mass is 10.2. The van der Waals surface area contributed by atoms with Crippen LogP contribution in [-0.4, -0.2) is 24.1 Å². The highest BCUT2D eigenvalue weighted by molar-refractivity contribution is 7.13. The van der Waals surface area contributed by atoms with E-state index in [2.05, 4.69) is 10.3 Å². The third kappa shape index (κ3) is 4.30. The molecule has 0 radical (unpaired) electrons. The minimum absolute atomic E-state index is 0.176. The number of nitrogens with zero attached hydrogens (tertiary/aromatic N) is 1. The fourth-order valence-electron chi connectivity index (χ4n) is 2.18. The molecule has 1 aromatic carbocycles. The number of aromatic nitrogens is 1. The number of nitrogens with one attached hydrogen (secondary N) is 1. The number of methoxy groups -OCH3 is 1. The van der Waals surface area contributed by atoms with Crippen molar-refractivity contribution in [1.82, 2.24) is 4.98 Å². The average molecular weight is 332 g/mol. The molecule has 1 aliphatic carbocycles. The Hall–Kier alpha value is -1.92. The zero-order valence-corrected chi connectivity index (χ0v) is 14.1. The van der Waals surface area contributed by atoms with Crippen molar-refractivity contribution in [1.29, 1.82) is 0 Å². The van der Waals surface area contributed by atoms with Gasteiger partial charge in [-0.2, -0.15) is 0 Å². The zero-order chi connectivity index (χ0) is 16.2. The zero-order valence-electron chi connectivity index (χ0n) is 13.2. The van der Waals surface area contributed by atoms with Crippen LogP contribution in [0.5, 0.6) is 5.75 Å². The van der Waals surface area contributed by atoms with Gasteiger partial charge in [-0.25, -0.2) is 4.98 Å². The van der Waals surface area contributed by atoms with Crippen LogP contribution in [0, 0.1) is 0 Å². The first-order valence-corrected chi connectivity index (χ1v) is 8.54. The summed E-state index contributed by atoms with van der Waals surface area (Å²) in [7, 11) is 1.62. The number of thiazole rings is 1. The van der Waals surface area contributed by atoms with Gasteiger partial charge in [-0.15, -0.1) is 11.3 Å². The Labute approximate surface area is 139 Å².